The zero-order valence-electron chi connectivity index (χ0n) is 54.8. The van der Waals surface area contributed by atoms with E-state index in [0.29, 0.717) is 52.4 Å². The molecule has 1 amide bonds. The molecule has 10 rings (SSSR count). The monoisotopic (exact) mass is 1360 g/mol. The van der Waals surface area contributed by atoms with E-state index in [0.717, 1.165) is 76.3 Å². The van der Waals surface area contributed by atoms with Gasteiger partial charge in [-0.1, -0.05) is 209 Å². The lowest BCUT2D eigenvalue weighted by molar-refractivity contribution is -0.616. The van der Waals surface area contributed by atoms with Crippen molar-refractivity contribution in [1.29, 1.82) is 0 Å². The number of aliphatic hydroxyl groups excluding tert-OH is 2. The second-order valence-electron chi connectivity index (χ2n) is 27.4. The summed E-state index contributed by atoms with van der Waals surface area (Å²) in [5, 5.41) is 28.3. The summed E-state index contributed by atoms with van der Waals surface area (Å²) in [6, 6.07) is 48.3. The first-order valence-corrected chi connectivity index (χ1v) is 34.6. The summed E-state index contributed by atoms with van der Waals surface area (Å²) in [4.78, 5) is 13.4. The highest BCUT2D eigenvalue weighted by molar-refractivity contribution is 6.32. The van der Waals surface area contributed by atoms with E-state index in [9.17, 15) is 15.0 Å². The van der Waals surface area contributed by atoms with E-state index in [-0.39, 0.29) is 59.2 Å². The maximum absolute atomic E-state index is 13.4. The lowest BCUT2D eigenvalue weighted by atomic mass is 9.69. The third-order valence-corrected chi connectivity index (χ3v) is 20.9. The average molecular weight is 1370 g/mol. The Morgan fingerprint density at radius 3 is 1.37 bits per heavy atom. The molecular weight excluding hydrogens is 1270 g/mol. The lowest BCUT2D eigenvalue weighted by Crippen LogP contribution is -2.48. The minimum Gasteiger partial charge on any atom is -0.441 e. The number of benzene rings is 6. The molecule has 0 unspecified atom stereocenters. The van der Waals surface area contributed by atoms with Crippen LogP contribution >= 0.6 is 69.6 Å². The molecule has 0 radical (unpaired) electrons. The Labute approximate surface area is 578 Å². The molecule has 6 aromatic rings. The fourth-order valence-corrected chi connectivity index (χ4v) is 15.4. The van der Waals surface area contributed by atoms with Gasteiger partial charge in [0.15, 0.2) is 37.4 Å². The molecule has 4 heterocycles. The van der Waals surface area contributed by atoms with Crippen molar-refractivity contribution in [2.75, 3.05) is 19.8 Å². The highest BCUT2D eigenvalue weighted by Gasteiger charge is 2.59. The van der Waals surface area contributed by atoms with Crippen molar-refractivity contribution in [2.45, 2.75) is 155 Å². The fraction of sp³-hybridized carbons (Fsp3) is 0.423. The van der Waals surface area contributed by atoms with Crippen molar-refractivity contribution >= 4 is 87.3 Å². The molecule has 3 N–H and O–H groups in total. The van der Waals surface area contributed by atoms with Gasteiger partial charge in [0.05, 0.1) is 46.8 Å². The van der Waals surface area contributed by atoms with Gasteiger partial charge in [-0.3, -0.25) is 4.79 Å². The van der Waals surface area contributed by atoms with Gasteiger partial charge in [0, 0.05) is 59.0 Å². The Hall–Kier alpha value is -5.39. The molecule has 92 heavy (non-hydrogen) atoms. The summed E-state index contributed by atoms with van der Waals surface area (Å²) in [6.45, 7) is 32.8. The van der Waals surface area contributed by atoms with Crippen LogP contribution in [0.2, 0.25) is 30.1 Å². The third-order valence-electron chi connectivity index (χ3n) is 19.4. The number of allylic oxidation sites excluding steroid dienone is 3. The van der Waals surface area contributed by atoms with E-state index < -0.39 is 17.4 Å². The smallest absolute Gasteiger partial charge is 0.343 e. The Kier molecular flexibility index (Phi) is 25.1. The van der Waals surface area contributed by atoms with E-state index >= 15 is 0 Å². The van der Waals surface area contributed by atoms with Gasteiger partial charge in [-0.2, -0.15) is 9.15 Å². The van der Waals surface area contributed by atoms with Gasteiger partial charge < -0.3 is 25.0 Å². The van der Waals surface area contributed by atoms with E-state index in [4.69, 9.17) is 79.1 Å². The van der Waals surface area contributed by atoms with Gasteiger partial charge in [0.2, 0.25) is 5.91 Å². The first-order valence-electron chi connectivity index (χ1n) is 32.3. The number of nitrogens with one attached hydrogen (secondary N) is 1. The summed E-state index contributed by atoms with van der Waals surface area (Å²) >= 11 is 37.6. The van der Waals surface area contributed by atoms with Gasteiger partial charge in [-0.15, -0.1) is 19.7 Å². The molecule has 0 saturated heterocycles. The second kappa shape index (κ2) is 31.9. The largest absolute Gasteiger partial charge is 0.441 e. The summed E-state index contributed by atoms with van der Waals surface area (Å²) in [6.07, 6.45) is 9.37. The molecule has 4 aliphatic rings. The number of hydrogen-bond donors (Lipinski definition) is 3. The molecule has 0 saturated carbocycles. The van der Waals surface area contributed by atoms with Crippen LogP contribution in [0.15, 0.2) is 184 Å². The Balaban J connectivity index is 0.000000178. The molecule has 0 bridgehead atoms. The van der Waals surface area contributed by atoms with Crippen molar-refractivity contribution in [3.05, 3.63) is 247 Å². The molecule has 4 aliphatic heterocycles. The number of amides is 1. The Morgan fingerprint density at radius 2 is 1.00 bits per heavy atom. The minimum atomic E-state index is -0.874. The topological polar surface area (TPSA) is 94.0 Å². The van der Waals surface area contributed by atoms with Crippen molar-refractivity contribution in [2.24, 2.45) is 34.0 Å². The van der Waals surface area contributed by atoms with Crippen LogP contribution < -0.4 is 5.32 Å². The summed E-state index contributed by atoms with van der Waals surface area (Å²) in [5.41, 5.74) is 5.56. The first kappa shape index (κ1) is 72.4. The number of hydrogen-bond acceptors (Lipinski definition) is 5. The maximum atomic E-state index is 13.4. The maximum Gasteiger partial charge on any atom is 0.343 e. The Bertz CT molecular complexity index is 3410. The summed E-state index contributed by atoms with van der Waals surface area (Å²) in [7, 11) is 0. The Morgan fingerprint density at radius 1 is 0.587 bits per heavy atom. The summed E-state index contributed by atoms with van der Waals surface area (Å²) in [5.74, 6) is 3.23. The number of halogens is 6. The first-order chi connectivity index (χ1) is 43.8. The molecule has 0 fully saturated rings. The van der Waals surface area contributed by atoms with Crippen LogP contribution in [0.5, 0.6) is 0 Å². The van der Waals surface area contributed by atoms with Crippen LogP contribution in [-0.4, -0.2) is 75.0 Å². The predicted octanol–water partition coefficient (Wildman–Crippen LogP) is 20.5. The molecular formula is C78H93Cl6N3O5+2. The number of rotatable bonds is 21. The zero-order chi connectivity index (χ0) is 66.8. The van der Waals surface area contributed by atoms with Gasteiger partial charge >= 0.3 is 11.8 Å². The molecule has 0 aliphatic carbocycles. The average Bonchev–Trinajstić information content (AvgIpc) is 1.45. The fourth-order valence-electron chi connectivity index (χ4n) is 14.4. The number of carbonyl (C=O) groups excluding carboxylic acids is 1. The number of carbonyl (C=O) groups is 1. The zero-order valence-corrected chi connectivity index (χ0v) is 59.3. The highest BCUT2D eigenvalue weighted by Crippen LogP contribution is 2.54. The SMILES string of the molecule is C=CC[C@@](C)(C[C@H](c1cccc(Cl)c1)[C@@H](O)c1ccc(Cl)cc1)C(=O)N[C@H](CO)C(C)C.C=CC[C@@]1(C)C[C@H](c2cccc(Cl)c2)[C@@H](c2ccc(Cl)cc2)[N+]2=C1OC[C@@H]2C(C)C.C=CC[C@]1(C)C[C@@H](c2cccc(Cl)c2)[C@H](c2ccc(Cl)cc2)[N+]2=C1OC[C@@H]2C(C)C. The van der Waals surface area contributed by atoms with Crippen LogP contribution in [-0.2, 0) is 14.3 Å². The number of nitrogens with zero attached hydrogens (tertiary/aromatic N) is 2. The molecule has 6 aromatic carbocycles. The van der Waals surface area contributed by atoms with Gasteiger partial charge in [-0.05, 0) is 153 Å². The van der Waals surface area contributed by atoms with E-state index in [1.54, 1.807) is 36.4 Å². The molecule has 12 atom stereocenters. The quantitative estimate of drug-likeness (QED) is 0.0493. The van der Waals surface area contributed by atoms with Crippen molar-refractivity contribution in [1.82, 2.24) is 5.32 Å². The van der Waals surface area contributed by atoms with Crippen LogP contribution in [0.25, 0.3) is 0 Å². The van der Waals surface area contributed by atoms with E-state index in [1.807, 2.05) is 87.5 Å². The van der Waals surface area contributed by atoms with E-state index in [1.165, 1.54) is 22.3 Å². The standard InChI is InChI=1S/C26H33Cl2NO3.2C26H30Cl2NO/c1-5-13-26(4,25(32)29-23(16-30)17(2)3)15-22(19-7-6-8-21(28)14-19)24(31)18-9-11-20(27)12-10-18;2*1-5-13-26(4)15-22(19-7-6-8-21(28)14-19)24(18-9-11-20(27)12-10-18)29-23(17(2)3)16-30-25(26)29/h5-12,14,17,22-24,30-31H,1,13,15-16H2,2-4H3,(H,29,32);2*5-12,14,17,22-24H,1,13,15-16H2,2-4H3/q;2*+1/t22-,23-,24+,26+;22-,23+,24-,26+;22-,23-,24-,26+/m101/s1. The lowest BCUT2D eigenvalue weighted by Gasteiger charge is -2.39. The second-order valence-corrected chi connectivity index (χ2v) is 30.0. The van der Waals surface area contributed by atoms with Gasteiger partial charge in [0.25, 0.3) is 0 Å². The highest BCUT2D eigenvalue weighted by atomic mass is 35.5. The van der Waals surface area contributed by atoms with Crippen molar-refractivity contribution in [3.63, 3.8) is 0 Å². The van der Waals surface area contributed by atoms with Gasteiger partial charge in [-0.25, -0.2) is 0 Å². The predicted molar refractivity (Wildman–Crippen MR) is 384 cm³/mol. The molecule has 8 nitrogen and oxygen atoms in total. The van der Waals surface area contributed by atoms with Crippen LogP contribution in [0, 0.1) is 34.0 Å². The van der Waals surface area contributed by atoms with Gasteiger partial charge in [0.1, 0.15) is 0 Å². The third kappa shape index (κ3) is 16.8. The summed E-state index contributed by atoms with van der Waals surface area (Å²) < 4.78 is 18.0. The molecule has 14 heteroatoms. The van der Waals surface area contributed by atoms with Crippen molar-refractivity contribution < 1.29 is 33.6 Å². The van der Waals surface area contributed by atoms with E-state index in [2.05, 4.69) is 136 Å². The molecule has 0 aromatic heterocycles. The molecule has 490 valence electrons. The van der Waals surface area contributed by atoms with Crippen LogP contribution in [0.4, 0.5) is 0 Å². The van der Waals surface area contributed by atoms with Crippen LogP contribution in [0.3, 0.4) is 0 Å². The number of ether oxygens (including phenoxy) is 2. The van der Waals surface area contributed by atoms with Crippen molar-refractivity contribution in [3.8, 4) is 0 Å². The minimum absolute atomic E-state index is 0.0836. The van der Waals surface area contributed by atoms with Crippen LogP contribution in [0.1, 0.15) is 170 Å². The number of aliphatic hydroxyl groups is 2. The molecule has 0 spiro atoms. The normalized spacial score (nSPS) is 24.1.